The van der Waals surface area contributed by atoms with E-state index in [0.717, 1.165) is 31.0 Å². The summed E-state index contributed by atoms with van der Waals surface area (Å²) >= 11 is 6.24. The van der Waals surface area contributed by atoms with E-state index >= 15 is 0 Å². The fourth-order valence-corrected chi connectivity index (χ4v) is 4.35. The molecule has 3 rings (SSSR count). The molecule has 1 saturated heterocycles. The molecular weight excluding hydrogens is 396 g/mol. The van der Waals surface area contributed by atoms with Gasteiger partial charge in [-0.25, -0.2) is 0 Å². The summed E-state index contributed by atoms with van der Waals surface area (Å²) in [4.78, 5) is 15.2. The summed E-state index contributed by atoms with van der Waals surface area (Å²) in [7, 11) is 0. The molecule has 2 aromatic carbocycles. The van der Waals surface area contributed by atoms with Crippen molar-refractivity contribution in [1.29, 1.82) is 0 Å². The highest BCUT2D eigenvalue weighted by atomic mass is 35.5. The minimum atomic E-state index is -0.141. The van der Waals surface area contributed by atoms with Gasteiger partial charge in [0.05, 0.1) is 0 Å². The topological polar surface area (TPSA) is 41.6 Å². The van der Waals surface area contributed by atoms with Crippen LogP contribution in [0.15, 0.2) is 48.5 Å². The average Bonchev–Trinajstić information content (AvgIpc) is 2.76. The molecule has 0 aromatic heterocycles. The summed E-state index contributed by atoms with van der Waals surface area (Å²) < 4.78 is 5.59. The summed E-state index contributed by atoms with van der Waals surface area (Å²) in [5.41, 5.74) is 2.95. The number of benzene rings is 2. The van der Waals surface area contributed by atoms with Crippen LogP contribution in [0.1, 0.15) is 55.1 Å². The monoisotopic (exact) mass is 428 g/mol. The number of ether oxygens (including phenoxy) is 1. The Kier molecular flexibility index (Phi) is 7.93. The number of halogens is 1. The SMILES string of the molecule is CCN(Cc1ccc(C(=O)NCC2(c3cccc(Cl)c3)CCOCC2)cc1)C(C)C. The largest absolute Gasteiger partial charge is 0.381 e. The predicted molar refractivity (Wildman–Crippen MR) is 123 cm³/mol. The molecule has 4 nitrogen and oxygen atoms in total. The quantitative estimate of drug-likeness (QED) is 0.639. The zero-order valence-electron chi connectivity index (χ0n) is 18.3. The molecule has 30 heavy (non-hydrogen) atoms. The van der Waals surface area contributed by atoms with Gasteiger partial charge in [-0.2, -0.15) is 0 Å². The second-order valence-corrected chi connectivity index (χ2v) is 8.88. The van der Waals surface area contributed by atoms with E-state index in [2.05, 4.69) is 49.2 Å². The molecule has 0 unspecified atom stereocenters. The van der Waals surface area contributed by atoms with Gasteiger partial charge in [-0.15, -0.1) is 0 Å². The highest BCUT2D eigenvalue weighted by molar-refractivity contribution is 6.30. The molecule has 1 N–H and O–H groups in total. The number of rotatable bonds is 8. The number of nitrogens with zero attached hydrogens (tertiary/aromatic N) is 1. The lowest BCUT2D eigenvalue weighted by molar-refractivity contribution is 0.0487. The molecule has 1 fully saturated rings. The van der Waals surface area contributed by atoms with Gasteiger partial charge in [-0.1, -0.05) is 42.8 Å². The van der Waals surface area contributed by atoms with Crippen molar-refractivity contribution in [3.8, 4) is 0 Å². The summed E-state index contributed by atoms with van der Waals surface area (Å²) in [6, 6.07) is 16.4. The predicted octanol–water partition coefficient (Wildman–Crippen LogP) is 5.05. The van der Waals surface area contributed by atoms with E-state index in [4.69, 9.17) is 16.3 Å². The summed E-state index contributed by atoms with van der Waals surface area (Å²) in [6.07, 6.45) is 1.74. The van der Waals surface area contributed by atoms with Crippen LogP contribution in [0.2, 0.25) is 5.02 Å². The van der Waals surface area contributed by atoms with Crippen molar-refractivity contribution in [2.24, 2.45) is 0 Å². The third-order valence-corrected chi connectivity index (χ3v) is 6.45. The molecule has 0 saturated carbocycles. The van der Waals surface area contributed by atoms with Gasteiger partial charge in [0.15, 0.2) is 0 Å². The van der Waals surface area contributed by atoms with E-state index in [1.165, 1.54) is 11.1 Å². The maximum atomic E-state index is 12.8. The van der Waals surface area contributed by atoms with Crippen molar-refractivity contribution >= 4 is 17.5 Å². The van der Waals surface area contributed by atoms with Crippen LogP contribution in [0.25, 0.3) is 0 Å². The molecule has 1 aliphatic rings. The van der Waals surface area contributed by atoms with Crippen LogP contribution in [0.3, 0.4) is 0 Å². The molecule has 0 atom stereocenters. The normalized spacial score (nSPS) is 16.1. The van der Waals surface area contributed by atoms with Crippen molar-refractivity contribution < 1.29 is 9.53 Å². The Bertz CT molecular complexity index is 829. The summed E-state index contributed by atoms with van der Waals surface area (Å²) in [5.74, 6) is -0.0364. The molecule has 1 aliphatic heterocycles. The maximum Gasteiger partial charge on any atom is 0.251 e. The van der Waals surface area contributed by atoms with Gasteiger partial charge >= 0.3 is 0 Å². The van der Waals surface area contributed by atoms with Crippen molar-refractivity contribution in [3.05, 3.63) is 70.2 Å². The fraction of sp³-hybridized carbons (Fsp3) is 0.480. The van der Waals surface area contributed by atoms with Crippen LogP contribution in [-0.2, 0) is 16.7 Å². The highest BCUT2D eigenvalue weighted by Gasteiger charge is 2.35. The molecule has 1 heterocycles. The smallest absolute Gasteiger partial charge is 0.251 e. The van der Waals surface area contributed by atoms with Gasteiger partial charge in [0, 0.05) is 48.3 Å². The van der Waals surface area contributed by atoms with Crippen LogP contribution in [0.4, 0.5) is 0 Å². The number of hydrogen-bond acceptors (Lipinski definition) is 3. The van der Waals surface area contributed by atoms with E-state index < -0.39 is 0 Å². The standard InChI is InChI=1S/C25H33ClN2O2/c1-4-28(19(2)3)17-20-8-10-21(11-9-20)24(29)27-18-25(12-14-30-15-13-25)22-6-5-7-23(26)16-22/h5-11,16,19H,4,12-15,17-18H2,1-3H3,(H,27,29). The van der Waals surface area contributed by atoms with Gasteiger partial charge in [0.25, 0.3) is 5.91 Å². The maximum absolute atomic E-state index is 12.8. The Balaban J connectivity index is 1.67. The molecule has 0 spiro atoms. The van der Waals surface area contributed by atoms with E-state index in [9.17, 15) is 4.79 Å². The van der Waals surface area contributed by atoms with Crippen molar-refractivity contribution in [2.75, 3.05) is 26.3 Å². The third kappa shape index (κ3) is 5.63. The Morgan fingerprint density at radius 3 is 2.47 bits per heavy atom. The first-order valence-corrected chi connectivity index (χ1v) is 11.3. The van der Waals surface area contributed by atoms with Gasteiger partial charge in [-0.3, -0.25) is 9.69 Å². The van der Waals surface area contributed by atoms with E-state index in [-0.39, 0.29) is 11.3 Å². The van der Waals surface area contributed by atoms with Gasteiger partial charge in [0.1, 0.15) is 0 Å². The van der Waals surface area contributed by atoms with Crippen LogP contribution in [-0.4, -0.2) is 43.2 Å². The molecule has 0 bridgehead atoms. The molecule has 1 amide bonds. The van der Waals surface area contributed by atoms with E-state index in [1.54, 1.807) is 0 Å². The first-order chi connectivity index (χ1) is 14.4. The number of nitrogens with one attached hydrogen (secondary N) is 1. The van der Waals surface area contributed by atoms with E-state index in [0.29, 0.717) is 31.4 Å². The lowest BCUT2D eigenvalue weighted by Crippen LogP contribution is -2.44. The summed E-state index contributed by atoms with van der Waals surface area (Å²) in [6.45, 7) is 10.5. The lowest BCUT2D eigenvalue weighted by Gasteiger charge is -2.38. The lowest BCUT2D eigenvalue weighted by atomic mass is 9.74. The Morgan fingerprint density at radius 2 is 1.87 bits per heavy atom. The molecule has 2 aromatic rings. The van der Waals surface area contributed by atoms with Crippen molar-refractivity contribution in [1.82, 2.24) is 10.2 Å². The number of amides is 1. The Labute approximate surface area is 185 Å². The molecule has 162 valence electrons. The van der Waals surface area contributed by atoms with Crippen molar-refractivity contribution in [3.63, 3.8) is 0 Å². The van der Waals surface area contributed by atoms with Crippen LogP contribution < -0.4 is 5.32 Å². The summed E-state index contributed by atoms with van der Waals surface area (Å²) in [5, 5.41) is 3.89. The second kappa shape index (κ2) is 10.4. The second-order valence-electron chi connectivity index (χ2n) is 8.44. The van der Waals surface area contributed by atoms with Gasteiger partial charge in [0.2, 0.25) is 0 Å². The van der Waals surface area contributed by atoms with Crippen molar-refractivity contribution in [2.45, 2.75) is 51.6 Å². The fourth-order valence-electron chi connectivity index (χ4n) is 4.16. The average molecular weight is 429 g/mol. The molecule has 0 radical (unpaired) electrons. The van der Waals surface area contributed by atoms with Crippen LogP contribution >= 0.6 is 11.6 Å². The van der Waals surface area contributed by atoms with E-state index in [1.807, 2.05) is 30.3 Å². The number of hydrogen-bond donors (Lipinski definition) is 1. The molecule has 0 aliphatic carbocycles. The Hall–Kier alpha value is -1.88. The highest BCUT2D eigenvalue weighted by Crippen LogP contribution is 2.35. The minimum Gasteiger partial charge on any atom is -0.381 e. The van der Waals surface area contributed by atoms with Crippen LogP contribution in [0.5, 0.6) is 0 Å². The third-order valence-electron chi connectivity index (χ3n) is 6.21. The molecule has 5 heteroatoms. The van der Waals surface area contributed by atoms with Gasteiger partial charge < -0.3 is 10.1 Å². The minimum absolute atomic E-state index is 0.0364. The Morgan fingerprint density at radius 1 is 1.17 bits per heavy atom. The van der Waals surface area contributed by atoms with Gasteiger partial charge in [-0.05, 0) is 68.6 Å². The molecular formula is C25H33ClN2O2. The van der Waals surface area contributed by atoms with Crippen LogP contribution in [0, 0.1) is 0 Å². The zero-order valence-corrected chi connectivity index (χ0v) is 19.0. The first-order valence-electron chi connectivity index (χ1n) is 10.9. The number of carbonyl (C=O) groups excluding carboxylic acids is 1. The number of carbonyl (C=O) groups is 1. The zero-order chi connectivity index (χ0) is 21.6. The first kappa shape index (κ1) is 22.8.